The van der Waals surface area contributed by atoms with Gasteiger partial charge in [0.15, 0.2) is 0 Å². The van der Waals surface area contributed by atoms with Crippen LogP contribution in [-0.4, -0.2) is 52.9 Å². The van der Waals surface area contributed by atoms with Crippen molar-refractivity contribution in [3.8, 4) is 0 Å². The number of nitro groups is 1. The summed E-state index contributed by atoms with van der Waals surface area (Å²) >= 11 is 1.12. The van der Waals surface area contributed by atoms with Crippen molar-refractivity contribution in [2.45, 2.75) is 35.1 Å². The van der Waals surface area contributed by atoms with E-state index in [1.165, 1.54) is 37.1 Å². The molecule has 2 heterocycles. The van der Waals surface area contributed by atoms with Gasteiger partial charge in [0.25, 0.3) is 11.6 Å². The van der Waals surface area contributed by atoms with Crippen LogP contribution in [0.2, 0.25) is 0 Å². The van der Waals surface area contributed by atoms with Gasteiger partial charge in [-0.1, -0.05) is 23.9 Å². The monoisotopic (exact) mass is 415 g/mol. The van der Waals surface area contributed by atoms with E-state index >= 15 is 0 Å². The van der Waals surface area contributed by atoms with Crippen LogP contribution in [0, 0.1) is 15.9 Å². The topological polar surface area (TPSA) is 66.7 Å². The Balaban J connectivity index is 1.60. The molecular weight excluding hydrogens is 393 g/mol. The molecule has 2 aliphatic rings. The molecule has 0 spiro atoms. The lowest BCUT2D eigenvalue weighted by Crippen LogP contribution is -2.37. The summed E-state index contributed by atoms with van der Waals surface area (Å²) in [6, 6.07) is 10.9. The van der Waals surface area contributed by atoms with E-state index in [9.17, 15) is 19.3 Å². The molecule has 0 aliphatic carbocycles. The molecule has 152 valence electrons. The van der Waals surface area contributed by atoms with Crippen molar-refractivity contribution in [3.05, 3.63) is 64.0 Å². The van der Waals surface area contributed by atoms with Crippen molar-refractivity contribution in [3.63, 3.8) is 0 Å². The van der Waals surface area contributed by atoms with E-state index in [1.807, 2.05) is 0 Å². The van der Waals surface area contributed by atoms with Gasteiger partial charge in [0, 0.05) is 41.1 Å². The summed E-state index contributed by atoms with van der Waals surface area (Å²) in [5.41, 5.74) is 0.121. The van der Waals surface area contributed by atoms with E-state index in [-0.39, 0.29) is 23.0 Å². The van der Waals surface area contributed by atoms with E-state index in [2.05, 4.69) is 4.90 Å². The van der Waals surface area contributed by atoms with Gasteiger partial charge in [-0.15, -0.1) is 0 Å². The summed E-state index contributed by atoms with van der Waals surface area (Å²) in [4.78, 5) is 29.1. The molecule has 2 aromatic carbocycles. The number of non-ortho nitro benzene ring substituents is 1. The fraction of sp³-hybridized carbons (Fsp3) is 0.381. The summed E-state index contributed by atoms with van der Waals surface area (Å²) in [5, 5.41) is 11.3. The summed E-state index contributed by atoms with van der Waals surface area (Å²) in [6.45, 7) is 3.40. The van der Waals surface area contributed by atoms with Crippen LogP contribution >= 0.6 is 11.8 Å². The molecule has 2 saturated heterocycles. The van der Waals surface area contributed by atoms with E-state index in [0.29, 0.717) is 28.9 Å². The highest BCUT2D eigenvalue weighted by Gasteiger charge is 2.33. The Kier molecular flexibility index (Phi) is 5.82. The van der Waals surface area contributed by atoms with Crippen LogP contribution < -0.4 is 0 Å². The van der Waals surface area contributed by atoms with Gasteiger partial charge in [0.2, 0.25) is 0 Å². The van der Waals surface area contributed by atoms with Crippen LogP contribution in [0.1, 0.15) is 29.6 Å². The second-order valence-corrected chi connectivity index (χ2v) is 8.49. The smallest absolute Gasteiger partial charge is 0.270 e. The number of hydrogen-bond acceptors (Lipinski definition) is 5. The van der Waals surface area contributed by atoms with Gasteiger partial charge in [-0.2, -0.15) is 0 Å². The number of carbonyl (C=O) groups is 1. The van der Waals surface area contributed by atoms with Crippen molar-refractivity contribution in [1.29, 1.82) is 0 Å². The molecule has 0 aromatic heterocycles. The van der Waals surface area contributed by atoms with E-state index in [0.717, 1.165) is 31.3 Å². The van der Waals surface area contributed by atoms with E-state index in [1.54, 1.807) is 23.1 Å². The van der Waals surface area contributed by atoms with Gasteiger partial charge < -0.3 is 4.90 Å². The first-order valence-electron chi connectivity index (χ1n) is 9.77. The minimum absolute atomic E-state index is 0.137. The Labute approximate surface area is 172 Å². The molecule has 29 heavy (non-hydrogen) atoms. The average molecular weight is 415 g/mol. The lowest BCUT2D eigenvalue weighted by atomic mass is 10.1. The number of carbonyl (C=O) groups excluding carboxylic acids is 1. The van der Waals surface area contributed by atoms with Crippen molar-refractivity contribution in [1.82, 2.24) is 9.80 Å². The molecule has 8 heteroatoms. The zero-order valence-electron chi connectivity index (χ0n) is 15.9. The Bertz CT molecular complexity index is 933. The summed E-state index contributed by atoms with van der Waals surface area (Å²) < 4.78 is 14.1. The summed E-state index contributed by atoms with van der Waals surface area (Å²) in [6.07, 6.45) is 3.30. The predicted octanol–water partition coefficient (Wildman–Crippen LogP) is 4.20. The highest BCUT2D eigenvalue weighted by atomic mass is 32.2. The van der Waals surface area contributed by atoms with Crippen molar-refractivity contribution in [2.75, 3.05) is 26.2 Å². The minimum atomic E-state index is -0.509. The van der Waals surface area contributed by atoms with Crippen molar-refractivity contribution >= 4 is 23.4 Å². The third-order valence-electron chi connectivity index (χ3n) is 5.57. The minimum Gasteiger partial charge on any atom is -0.337 e. The summed E-state index contributed by atoms with van der Waals surface area (Å²) in [5.74, 6) is -0.612. The molecule has 2 aliphatic heterocycles. The largest absolute Gasteiger partial charge is 0.337 e. The second kappa shape index (κ2) is 8.51. The third kappa shape index (κ3) is 4.28. The fourth-order valence-electron chi connectivity index (χ4n) is 4.04. The fourth-order valence-corrected chi connectivity index (χ4v) is 4.98. The molecule has 1 amide bonds. The molecule has 2 fully saturated rings. The molecule has 1 unspecified atom stereocenters. The van der Waals surface area contributed by atoms with Crippen molar-refractivity contribution < 1.29 is 14.1 Å². The third-order valence-corrected chi connectivity index (χ3v) is 6.70. The van der Waals surface area contributed by atoms with Crippen LogP contribution in [0.4, 0.5) is 10.1 Å². The lowest BCUT2D eigenvalue weighted by Gasteiger charge is -2.24. The standard InChI is InChI=1S/C21H22FN3O3S/c22-18-5-1-2-6-20(18)29-19-8-7-15(25(27)28)13-17(19)21(26)24-12-9-16(14-24)23-10-3-4-11-23/h1-2,5-8,13,16H,3-4,9-12,14H2. The number of likely N-dealkylation sites (tertiary alicyclic amines) is 2. The van der Waals surface area contributed by atoms with E-state index < -0.39 is 4.92 Å². The normalized spacial score (nSPS) is 19.6. The number of nitrogens with zero attached hydrogens (tertiary/aromatic N) is 3. The summed E-state index contributed by atoms with van der Waals surface area (Å²) in [7, 11) is 0. The number of nitro benzene ring substituents is 1. The van der Waals surface area contributed by atoms with Gasteiger partial charge in [-0.25, -0.2) is 4.39 Å². The van der Waals surface area contributed by atoms with Gasteiger partial charge in [0.1, 0.15) is 5.82 Å². The Morgan fingerprint density at radius 1 is 1.10 bits per heavy atom. The molecule has 0 bridgehead atoms. The molecule has 0 saturated carbocycles. The first-order valence-corrected chi connectivity index (χ1v) is 10.6. The first-order chi connectivity index (χ1) is 14.0. The number of benzene rings is 2. The zero-order valence-corrected chi connectivity index (χ0v) is 16.7. The Hall–Kier alpha value is -2.45. The van der Waals surface area contributed by atoms with Gasteiger partial charge in [-0.05, 0) is 50.6 Å². The van der Waals surface area contributed by atoms with Gasteiger partial charge in [-0.3, -0.25) is 19.8 Å². The van der Waals surface area contributed by atoms with Gasteiger partial charge >= 0.3 is 0 Å². The van der Waals surface area contributed by atoms with Crippen molar-refractivity contribution in [2.24, 2.45) is 0 Å². The predicted molar refractivity (Wildman–Crippen MR) is 109 cm³/mol. The number of amides is 1. The molecule has 4 rings (SSSR count). The Morgan fingerprint density at radius 2 is 1.86 bits per heavy atom. The zero-order chi connectivity index (χ0) is 20.4. The Morgan fingerprint density at radius 3 is 2.59 bits per heavy atom. The maximum atomic E-state index is 14.1. The number of halogens is 1. The second-order valence-electron chi connectivity index (χ2n) is 7.41. The average Bonchev–Trinajstić information content (AvgIpc) is 3.41. The van der Waals surface area contributed by atoms with Crippen LogP contribution in [0.15, 0.2) is 52.3 Å². The molecule has 6 nitrogen and oxygen atoms in total. The molecule has 2 aromatic rings. The van der Waals surface area contributed by atoms with Crippen LogP contribution in [-0.2, 0) is 0 Å². The molecular formula is C21H22FN3O3S. The molecule has 1 atom stereocenters. The molecule has 0 radical (unpaired) electrons. The quantitative estimate of drug-likeness (QED) is 0.541. The highest BCUT2D eigenvalue weighted by Crippen LogP contribution is 2.35. The van der Waals surface area contributed by atoms with Gasteiger partial charge in [0.05, 0.1) is 10.5 Å². The van der Waals surface area contributed by atoms with Crippen LogP contribution in [0.25, 0.3) is 0 Å². The maximum Gasteiger partial charge on any atom is 0.270 e. The van der Waals surface area contributed by atoms with Crippen LogP contribution in [0.3, 0.4) is 0 Å². The van der Waals surface area contributed by atoms with E-state index in [4.69, 9.17) is 0 Å². The van der Waals surface area contributed by atoms with Crippen LogP contribution in [0.5, 0.6) is 0 Å². The first kappa shape index (κ1) is 19.8. The molecule has 0 N–H and O–H groups in total. The lowest BCUT2D eigenvalue weighted by molar-refractivity contribution is -0.384. The number of rotatable bonds is 5. The maximum absolute atomic E-state index is 14.1. The number of hydrogen-bond donors (Lipinski definition) is 0. The highest BCUT2D eigenvalue weighted by molar-refractivity contribution is 7.99. The SMILES string of the molecule is O=C(c1cc([N+](=O)[O-])ccc1Sc1ccccc1F)N1CCC(N2CCCC2)C1.